The van der Waals surface area contributed by atoms with Crippen LogP contribution in [0.2, 0.25) is 0 Å². The molecule has 29 heavy (non-hydrogen) atoms. The Hall–Kier alpha value is -2.94. The zero-order valence-electron chi connectivity index (χ0n) is 17.1. The van der Waals surface area contributed by atoms with Crippen LogP contribution in [0.15, 0.2) is 24.5 Å². The Labute approximate surface area is 168 Å². The van der Waals surface area contributed by atoms with Gasteiger partial charge in [0.05, 0.1) is 36.8 Å². The first-order chi connectivity index (χ1) is 13.8. The van der Waals surface area contributed by atoms with Crippen LogP contribution in [0.25, 0.3) is 5.52 Å². The van der Waals surface area contributed by atoms with Gasteiger partial charge in [-0.25, -0.2) is 19.0 Å². The minimum Gasteiger partial charge on any atom is -0.464 e. The first-order valence-electron chi connectivity index (χ1n) is 9.74. The second-order valence-corrected chi connectivity index (χ2v) is 8.45. The molecule has 3 heterocycles. The van der Waals surface area contributed by atoms with Crippen LogP contribution in [0.3, 0.4) is 0 Å². The molecule has 1 fully saturated rings. The summed E-state index contributed by atoms with van der Waals surface area (Å²) in [5, 5.41) is 22.3. The Kier molecular flexibility index (Phi) is 4.77. The van der Waals surface area contributed by atoms with E-state index >= 15 is 0 Å². The average molecular weight is 398 g/mol. The zero-order chi connectivity index (χ0) is 20.8. The van der Waals surface area contributed by atoms with E-state index in [1.165, 1.54) is 7.11 Å². The summed E-state index contributed by atoms with van der Waals surface area (Å²) >= 11 is 0. The molecular weight excluding hydrogens is 372 g/mol. The fraction of sp³-hybridized carbons (Fsp3) is 0.500. The summed E-state index contributed by atoms with van der Waals surface area (Å²) in [5.41, 5.74) is 1.57. The summed E-state index contributed by atoms with van der Waals surface area (Å²) in [7, 11) is 1.32. The molecule has 0 amide bonds. The minimum absolute atomic E-state index is 0.159. The van der Waals surface area contributed by atoms with E-state index in [4.69, 9.17) is 9.84 Å². The third-order valence-corrected chi connectivity index (χ3v) is 5.22. The summed E-state index contributed by atoms with van der Waals surface area (Å²) in [4.78, 5) is 16.5. The molecule has 0 saturated heterocycles. The van der Waals surface area contributed by atoms with E-state index in [1.54, 1.807) is 16.9 Å². The molecule has 0 aromatic carbocycles. The van der Waals surface area contributed by atoms with Gasteiger partial charge in [-0.05, 0) is 46.1 Å². The predicted molar refractivity (Wildman–Crippen MR) is 107 cm³/mol. The number of aliphatic hydroxyl groups excluding tert-OH is 1. The maximum Gasteiger partial charge on any atom is 0.358 e. The number of fused-ring (bicyclic) bond motifs is 1. The number of rotatable bonds is 4. The quantitative estimate of drug-likeness (QED) is 0.651. The number of ether oxygens (including phenoxy) is 1. The van der Waals surface area contributed by atoms with Crippen LogP contribution >= 0.6 is 0 Å². The SMILES string of the molecule is COC(=O)c1cn2nccc2c(Nc2cc([C@H]3CC[C@@H](O)C3)nn2C(C)(C)C)n1. The standard InChI is InChI=1S/C20H26N6O3/c1-20(2,3)26-17(10-14(24-26)12-5-6-13(27)9-12)23-18-16-7-8-21-25(16)11-15(22-18)19(28)29-4/h7-8,10-13,27H,5-6,9H2,1-4H3,(H,22,23)/t12-,13+/m0/s1. The molecule has 3 aromatic heterocycles. The molecule has 9 heteroatoms. The maximum absolute atomic E-state index is 12.0. The lowest BCUT2D eigenvalue weighted by molar-refractivity contribution is 0.0593. The number of carbonyl (C=O) groups is 1. The highest BCUT2D eigenvalue weighted by atomic mass is 16.5. The smallest absolute Gasteiger partial charge is 0.358 e. The molecule has 0 unspecified atom stereocenters. The topological polar surface area (TPSA) is 107 Å². The van der Waals surface area contributed by atoms with E-state index in [1.807, 2.05) is 16.8 Å². The third kappa shape index (κ3) is 3.69. The normalized spacial score (nSPS) is 19.6. The van der Waals surface area contributed by atoms with Crippen LogP contribution in [-0.4, -0.2) is 48.7 Å². The first kappa shape index (κ1) is 19.4. The zero-order valence-corrected chi connectivity index (χ0v) is 17.1. The van der Waals surface area contributed by atoms with Crippen molar-refractivity contribution in [3.63, 3.8) is 0 Å². The van der Waals surface area contributed by atoms with Crippen molar-refractivity contribution >= 4 is 23.1 Å². The van der Waals surface area contributed by atoms with Gasteiger partial charge in [-0.2, -0.15) is 10.2 Å². The minimum atomic E-state index is -0.532. The van der Waals surface area contributed by atoms with E-state index in [2.05, 4.69) is 36.2 Å². The lowest BCUT2D eigenvalue weighted by Crippen LogP contribution is -2.25. The van der Waals surface area contributed by atoms with Gasteiger partial charge in [0, 0.05) is 12.0 Å². The van der Waals surface area contributed by atoms with Crippen molar-refractivity contribution in [2.24, 2.45) is 0 Å². The molecule has 2 atom stereocenters. The Morgan fingerprint density at radius 3 is 2.79 bits per heavy atom. The predicted octanol–water partition coefficient (Wildman–Crippen LogP) is 2.84. The number of carbonyl (C=O) groups excluding carboxylic acids is 1. The summed E-state index contributed by atoms with van der Waals surface area (Å²) in [6.07, 6.45) is 5.37. The average Bonchev–Trinajstić information content (AvgIpc) is 3.39. The Morgan fingerprint density at radius 1 is 1.34 bits per heavy atom. The monoisotopic (exact) mass is 398 g/mol. The van der Waals surface area contributed by atoms with Gasteiger partial charge in [0.25, 0.3) is 0 Å². The van der Waals surface area contributed by atoms with E-state index < -0.39 is 5.97 Å². The lowest BCUT2D eigenvalue weighted by atomic mass is 10.0. The molecular formula is C20H26N6O3. The molecule has 0 aliphatic heterocycles. The van der Waals surface area contributed by atoms with Crippen LogP contribution < -0.4 is 5.32 Å². The first-order valence-corrected chi connectivity index (χ1v) is 9.74. The highest BCUT2D eigenvalue weighted by Crippen LogP contribution is 2.36. The fourth-order valence-electron chi connectivity index (χ4n) is 3.77. The van der Waals surface area contributed by atoms with Gasteiger partial charge in [0.15, 0.2) is 11.5 Å². The van der Waals surface area contributed by atoms with Crippen molar-refractivity contribution in [3.8, 4) is 0 Å². The van der Waals surface area contributed by atoms with Gasteiger partial charge in [0.2, 0.25) is 0 Å². The molecule has 0 bridgehead atoms. The molecule has 1 saturated carbocycles. The molecule has 0 spiro atoms. The number of hydrogen-bond acceptors (Lipinski definition) is 7. The maximum atomic E-state index is 12.0. The van der Waals surface area contributed by atoms with E-state index in [-0.39, 0.29) is 23.3 Å². The third-order valence-electron chi connectivity index (χ3n) is 5.22. The van der Waals surface area contributed by atoms with Crippen molar-refractivity contribution < 1.29 is 14.6 Å². The van der Waals surface area contributed by atoms with Crippen LogP contribution in [0, 0.1) is 0 Å². The van der Waals surface area contributed by atoms with Crippen LogP contribution in [-0.2, 0) is 10.3 Å². The van der Waals surface area contributed by atoms with Crippen LogP contribution in [0.4, 0.5) is 11.6 Å². The van der Waals surface area contributed by atoms with Gasteiger partial charge in [0.1, 0.15) is 11.3 Å². The van der Waals surface area contributed by atoms with E-state index in [0.717, 1.165) is 36.3 Å². The van der Waals surface area contributed by atoms with Crippen molar-refractivity contribution in [2.45, 2.75) is 57.6 Å². The number of anilines is 2. The summed E-state index contributed by atoms with van der Waals surface area (Å²) in [6, 6.07) is 3.83. The number of nitrogens with one attached hydrogen (secondary N) is 1. The van der Waals surface area contributed by atoms with Crippen LogP contribution in [0.1, 0.15) is 62.1 Å². The van der Waals surface area contributed by atoms with Gasteiger partial charge in [-0.3, -0.25) is 0 Å². The van der Waals surface area contributed by atoms with Crippen molar-refractivity contribution in [1.82, 2.24) is 24.4 Å². The van der Waals surface area contributed by atoms with Crippen molar-refractivity contribution in [3.05, 3.63) is 35.9 Å². The van der Waals surface area contributed by atoms with Gasteiger partial charge < -0.3 is 15.2 Å². The summed E-state index contributed by atoms with van der Waals surface area (Å²) in [5.74, 6) is 0.967. The summed E-state index contributed by atoms with van der Waals surface area (Å²) < 4.78 is 8.33. The molecule has 9 nitrogen and oxygen atoms in total. The number of aliphatic hydroxyl groups is 1. The Morgan fingerprint density at radius 2 is 2.14 bits per heavy atom. The molecule has 3 aromatic rings. The molecule has 2 N–H and O–H groups in total. The summed E-state index contributed by atoms with van der Waals surface area (Å²) in [6.45, 7) is 6.22. The molecule has 0 radical (unpaired) electrons. The second-order valence-electron chi connectivity index (χ2n) is 8.45. The van der Waals surface area contributed by atoms with Gasteiger partial charge >= 0.3 is 5.97 Å². The highest BCUT2D eigenvalue weighted by molar-refractivity contribution is 5.88. The Bertz CT molecular complexity index is 1050. The molecule has 4 rings (SSSR count). The number of methoxy groups -OCH3 is 1. The lowest BCUT2D eigenvalue weighted by Gasteiger charge is -2.23. The number of esters is 1. The largest absolute Gasteiger partial charge is 0.464 e. The van der Waals surface area contributed by atoms with Crippen molar-refractivity contribution in [1.29, 1.82) is 0 Å². The highest BCUT2D eigenvalue weighted by Gasteiger charge is 2.29. The number of nitrogens with zero attached hydrogens (tertiary/aromatic N) is 5. The Balaban J connectivity index is 1.76. The fourth-order valence-corrected chi connectivity index (χ4v) is 3.77. The number of hydrogen-bond donors (Lipinski definition) is 2. The number of aromatic nitrogens is 5. The molecule has 1 aliphatic carbocycles. The van der Waals surface area contributed by atoms with Gasteiger partial charge in [-0.1, -0.05) is 0 Å². The van der Waals surface area contributed by atoms with E-state index in [9.17, 15) is 9.90 Å². The second kappa shape index (κ2) is 7.14. The van der Waals surface area contributed by atoms with Crippen LogP contribution in [0.5, 0.6) is 0 Å². The van der Waals surface area contributed by atoms with Crippen molar-refractivity contribution in [2.75, 3.05) is 12.4 Å². The van der Waals surface area contributed by atoms with E-state index in [0.29, 0.717) is 5.82 Å². The van der Waals surface area contributed by atoms with Gasteiger partial charge in [-0.15, -0.1) is 0 Å². The molecule has 1 aliphatic rings. The molecule has 154 valence electrons.